The molecule has 0 radical (unpaired) electrons. The number of anilines is 1. The minimum atomic E-state index is 0.693. The van der Waals surface area contributed by atoms with Gasteiger partial charge >= 0.3 is 0 Å². The zero-order valence-corrected chi connectivity index (χ0v) is 12.2. The average molecular weight is 278 g/mol. The molecule has 2 aromatic rings. The number of imidazole rings is 1. The second-order valence-corrected chi connectivity index (χ2v) is 5.05. The third kappa shape index (κ3) is 2.76. The maximum Gasteiger partial charge on any atom is 0.131 e. The molecule has 0 aliphatic carbocycles. The first-order valence-electron chi connectivity index (χ1n) is 6.78. The van der Waals surface area contributed by atoms with Gasteiger partial charge in [0, 0.05) is 18.5 Å². The summed E-state index contributed by atoms with van der Waals surface area (Å²) in [6, 6.07) is 7.71. The molecule has 19 heavy (non-hydrogen) atoms. The minimum Gasteiger partial charge on any atom is -0.383 e. The zero-order valence-electron chi connectivity index (χ0n) is 11.5. The number of nitrogens with two attached hydrogens (primary N) is 1. The van der Waals surface area contributed by atoms with Gasteiger partial charge in [-0.3, -0.25) is 0 Å². The van der Waals surface area contributed by atoms with Crippen LogP contribution in [-0.4, -0.2) is 9.55 Å². The van der Waals surface area contributed by atoms with Crippen LogP contribution >= 0.6 is 11.6 Å². The lowest BCUT2D eigenvalue weighted by molar-refractivity contribution is 0.637. The fourth-order valence-electron chi connectivity index (χ4n) is 2.25. The highest BCUT2D eigenvalue weighted by Gasteiger charge is 2.16. The van der Waals surface area contributed by atoms with Crippen LogP contribution in [0.25, 0.3) is 11.3 Å². The van der Waals surface area contributed by atoms with Gasteiger partial charge in [-0.15, -0.1) is 0 Å². The van der Waals surface area contributed by atoms with Gasteiger partial charge in [-0.25, -0.2) is 4.98 Å². The van der Waals surface area contributed by atoms with Crippen LogP contribution < -0.4 is 5.73 Å². The van der Waals surface area contributed by atoms with E-state index in [9.17, 15) is 0 Å². The van der Waals surface area contributed by atoms with E-state index in [-0.39, 0.29) is 0 Å². The van der Waals surface area contributed by atoms with Gasteiger partial charge in [-0.2, -0.15) is 0 Å². The molecule has 1 aromatic heterocycles. The van der Waals surface area contributed by atoms with E-state index < -0.39 is 0 Å². The second-order valence-electron chi connectivity index (χ2n) is 4.64. The Morgan fingerprint density at radius 3 is 2.58 bits per heavy atom. The number of rotatable bonds is 5. The van der Waals surface area contributed by atoms with E-state index in [0.29, 0.717) is 5.02 Å². The van der Waals surface area contributed by atoms with E-state index in [2.05, 4.69) is 18.4 Å². The number of nitrogen functional groups attached to an aromatic ring is 1. The Labute approximate surface area is 119 Å². The summed E-state index contributed by atoms with van der Waals surface area (Å²) in [5.41, 5.74) is 7.98. The summed E-state index contributed by atoms with van der Waals surface area (Å²) in [6.45, 7) is 5.19. The number of hydrogen-bond donors (Lipinski definition) is 1. The zero-order chi connectivity index (χ0) is 13.8. The van der Waals surface area contributed by atoms with Crippen molar-refractivity contribution in [1.29, 1.82) is 0 Å². The summed E-state index contributed by atoms with van der Waals surface area (Å²) in [6.07, 6.45) is 3.04. The van der Waals surface area contributed by atoms with Crippen LogP contribution in [0.3, 0.4) is 0 Å². The largest absolute Gasteiger partial charge is 0.383 e. The molecule has 1 aromatic carbocycles. The first-order chi connectivity index (χ1) is 9.19. The van der Waals surface area contributed by atoms with Gasteiger partial charge in [0.15, 0.2) is 0 Å². The lowest BCUT2D eigenvalue weighted by Crippen LogP contribution is -2.06. The topological polar surface area (TPSA) is 43.8 Å². The molecule has 0 saturated heterocycles. The average Bonchev–Trinajstić information content (AvgIpc) is 2.69. The molecule has 1 heterocycles. The smallest absolute Gasteiger partial charge is 0.131 e. The van der Waals surface area contributed by atoms with E-state index >= 15 is 0 Å². The normalized spacial score (nSPS) is 10.9. The van der Waals surface area contributed by atoms with Crippen LogP contribution in [0, 0.1) is 0 Å². The van der Waals surface area contributed by atoms with E-state index in [4.69, 9.17) is 22.3 Å². The molecule has 102 valence electrons. The lowest BCUT2D eigenvalue weighted by Gasteiger charge is -2.07. The highest BCUT2D eigenvalue weighted by Crippen LogP contribution is 2.32. The quantitative estimate of drug-likeness (QED) is 0.892. The second kappa shape index (κ2) is 6.11. The lowest BCUT2D eigenvalue weighted by atomic mass is 10.1. The highest BCUT2D eigenvalue weighted by atomic mass is 35.5. The minimum absolute atomic E-state index is 0.693. The predicted octanol–water partition coefficient (Wildman–Crippen LogP) is 4.15. The highest BCUT2D eigenvalue weighted by molar-refractivity contribution is 6.33. The van der Waals surface area contributed by atoms with Gasteiger partial charge in [0.25, 0.3) is 0 Å². The molecule has 0 saturated carbocycles. The summed E-state index contributed by atoms with van der Waals surface area (Å²) in [5.74, 6) is 1.77. The molecule has 0 atom stereocenters. The summed E-state index contributed by atoms with van der Waals surface area (Å²) in [4.78, 5) is 4.70. The molecule has 0 spiro atoms. The fraction of sp³-hybridized carbons (Fsp3) is 0.400. The monoisotopic (exact) mass is 277 g/mol. The van der Waals surface area contributed by atoms with Crippen LogP contribution in [0.15, 0.2) is 24.3 Å². The maximum atomic E-state index is 6.26. The molecule has 3 nitrogen and oxygen atoms in total. The van der Waals surface area contributed by atoms with Gasteiger partial charge in [0.05, 0.1) is 5.02 Å². The Morgan fingerprint density at radius 1 is 1.21 bits per heavy atom. The number of aromatic nitrogens is 2. The SMILES string of the molecule is CCCc1nc(-c2ccccc2Cl)c(N)n1CCC. The standard InChI is InChI=1S/C15H20ClN3/c1-3-7-13-18-14(15(17)19(13)10-4-2)11-8-5-6-9-12(11)16/h5-6,8-9H,3-4,7,10,17H2,1-2H3. The third-order valence-electron chi connectivity index (χ3n) is 3.14. The van der Waals surface area contributed by atoms with Crippen molar-refractivity contribution in [2.45, 2.75) is 39.7 Å². The molecule has 2 N–H and O–H groups in total. The van der Waals surface area contributed by atoms with Crippen LogP contribution in [0.1, 0.15) is 32.5 Å². The first-order valence-corrected chi connectivity index (χ1v) is 7.16. The van der Waals surface area contributed by atoms with E-state index in [1.807, 2.05) is 24.3 Å². The summed E-state index contributed by atoms with van der Waals surface area (Å²) >= 11 is 6.24. The van der Waals surface area contributed by atoms with E-state index in [1.54, 1.807) is 0 Å². The summed E-state index contributed by atoms with van der Waals surface area (Å²) in [7, 11) is 0. The Morgan fingerprint density at radius 2 is 1.95 bits per heavy atom. The number of nitrogens with zero attached hydrogens (tertiary/aromatic N) is 2. The molecule has 0 aliphatic rings. The van der Waals surface area contributed by atoms with Crippen LogP contribution in [-0.2, 0) is 13.0 Å². The third-order valence-corrected chi connectivity index (χ3v) is 3.47. The predicted molar refractivity (Wildman–Crippen MR) is 81.4 cm³/mol. The van der Waals surface area contributed by atoms with Gasteiger partial charge in [-0.1, -0.05) is 43.6 Å². The fourth-order valence-corrected chi connectivity index (χ4v) is 2.48. The van der Waals surface area contributed by atoms with Gasteiger partial charge in [0.2, 0.25) is 0 Å². The number of halogens is 1. The summed E-state index contributed by atoms with van der Waals surface area (Å²) in [5, 5.41) is 0.693. The maximum absolute atomic E-state index is 6.26. The molecule has 0 unspecified atom stereocenters. The molecule has 4 heteroatoms. The van der Waals surface area contributed by atoms with Crippen molar-refractivity contribution < 1.29 is 0 Å². The van der Waals surface area contributed by atoms with Crippen LogP contribution in [0.4, 0.5) is 5.82 Å². The van der Waals surface area contributed by atoms with Crippen molar-refractivity contribution in [3.63, 3.8) is 0 Å². The number of benzene rings is 1. The Bertz CT molecular complexity index is 561. The molecule has 0 aliphatic heterocycles. The molecule has 0 fully saturated rings. The van der Waals surface area contributed by atoms with Gasteiger partial charge in [-0.05, 0) is 18.9 Å². The van der Waals surface area contributed by atoms with Crippen molar-refractivity contribution in [3.05, 3.63) is 35.1 Å². The van der Waals surface area contributed by atoms with Crippen molar-refractivity contribution in [2.75, 3.05) is 5.73 Å². The Hall–Kier alpha value is -1.48. The molecule has 2 rings (SSSR count). The molecular weight excluding hydrogens is 258 g/mol. The van der Waals surface area contributed by atoms with Crippen molar-refractivity contribution in [2.24, 2.45) is 0 Å². The summed E-state index contributed by atoms with van der Waals surface area (Å²) < 4.78 is 2.11. The van der Waals surface area contributed by atoms with Crippen molar-refractivity contribution >= 4 is 17.4 Å². The number of aryl methyl sites for hydroxylation is 1. The first kappa shape index (κ1) is 13.9. The van der Waals surface area contributed by atoms with Crippen molar-refractivity contribution in [1.82, 2.24) is 9.55 Å². The Balaban J connectivity index is 2.52. The van der Waals surface area contributed by atoms with Gasteiger partial charge in [0.1, 0.15) is 17.3 Å². The van der Waals surface area contributed by atoms with E-state index in [1.165, 1.54) is 0 Å². The molecule has 0 bridgehead atoms. The molecular formula is C15H20ClN3. The van der Waals surface area contributed by atoms with E-state index in [0.717, 1.165) is 48.7 Å². The van der Waals surface area contributed by atoms with Crippen LogP contribution in [0.5, 0.6) is 0 Å². The van der Waals surface area contributed by atoms with Crippen molar-refractivity contribution in [3.8, 4) is 11.3 Å². The van der Waals surface area contributed by atoms with Gasteiger partial charge < -0.3 is 10.3 Å². The molecule has 0 amide bonds. The number of hydrogen-bond acceptors (Lipinski definition) is 2. The Kier molecular flexibility index (Phi) is 4.48. The van der Waals surface area contributed by atoms with Crippen LogP contribution in [0.2, 0.25) is 5.02 Å².